The molecular weight excluding hydrogens is 491 g/mol. The van der Waals surface area contributed by atoms with Gasteiger partial charge in [0.05, 0.1) is 24.1 Å². The lowest BCUT2D eigenvalue weighted by Crippen LogP contribution is -2.36. The van der Waals surface area contributed by atoms with Gasteiger partial charge in [0.1, 0.15) is 6.26 Å². The van der Waals surface area contributed by atoms with E-state index in [9.17, 15) is 0 Å². The first-order valence-corrected chi connectivity index (χ1v) is 9.35. The van der Waals surface area contributed by atoms with E-state index in [0.717, 1.165) is 22.5 Å². The first-order chi connectivity index (χ1) is 14.3. The maximum absolute atomic E-state index is 5.57. The number of nitrogens with one attached hydrogen (secondary N) is 2. The van der Waals surface area contributed by atoms with Crippen LogP contribution in [0.4, 0.5) is 0 Å². The number of rotatable bonds is 6. The van der Waals surface area contributed by atoms with Gasteiger partial charge in [0.25, 0.3) is 0 Å². The number of aromatic nitrogens is 3. The number of halogens is 1. The number of benzene rings is 2. The van der Waals surface area contributed by atoms with Crippen LogP contribution >= 0.6 is 24.0 Å². The lowest BCUT2D eigenvalue weighted by atomic mass is 10.2. The lowest BCUT2D eigenvalue weighted by molar-refractivity contribution is 0.572. The van der Waals surface area contributed by atoms with Gasteiger partial charge in [-0.05, 0) is 24.3 Å². The third kappa shape index (κ3) is 5.47. The number of guanidine groups is 1. The van der Waals surface area contributed by atoms with E-state index in [2.05, 4.69) is 25.7 Å². The standard InChI is InChI=1S/C22H22N6O.HI/c1-23-22(24-12-17-13-26-28(15-17)20-10-6-3-7-11-20)25-14-19-16-29-21(27-19)18-8-4-2-5-9-18;/h2-11,13,15-16H,12,14H2,1H3,(H2,23,24,25);1H. The van der Waals surface area contributed by atoms with Gasteiger partial charge >= 0.3 is 0 Å². The molecule has 0 atom stereocenters. The molecule has 0 spiro atoms. The lowest BCUT2D eigenvalue weighted by Gasteiger charge is -2.09. The Morgan fingerprint density at radius 2 is 1.70 bits per heavy atom. The van der Waals surface area contributed by atoms with Crippen molar-refractivity contribution in [2.45, 2.75) is 13.1 Å². The van der Waals surface area contributed by atoms with Crippen molar-refractivity contribution in [2.75, 3.05) is 7.05 Å². The van der Waals surface area contributed by atoms with E-state index in [-0.39, 0.29) is 24.0 Å². The highest BCUT2D eigenvalue weighted by atomic mass is 127. The predicted octanol–water partition coefficient (Wildman–Crippen LogP) is 4.01. The number of hydrogen-bond acceptors (Lipinski definition) is 4. The van der Waals surface area contributed by atoms with Crippen LogP contribution in [0.15, 0.2) is 88.7 Å². The zero-order chi connectivity index (χ0) is 19.9. The third-order valence-corrected chi connectivity index (χ3v) is 4.35. The van der Waals surface area contributed by atoms with Crippen LogP contribution in [0, 0.1) is 0 Å². The molecule has 0 saturated carbocycles. The van der Waals surface area contributed by atoms with Crippen molar-refractivity contribution in [3.63, 3.8) is 0 Å². The Morgan fingerprint density at radius 1 is 1.00 bits per heavy atom. The fourth-order valence-corrected chi connectivity index (χ4v) is 2.86. The molecule has 154 valence electrons. The molecule has 4 rings (SSSR count). The number of hydrogen-bond donors (Lipinski definition) is 2. The number of nitrogens with zero attached hydrogens (tertiary/aromatic N) is 4. The Kier molecular flexibility index (Phi) is 7.61. The van der Waals surface area contributed by atoms with Gasteiger partial charge in [0.15, 0.2) is 5.96 Å². The van der Waals surface area contributed by atoms with Crippen molar-refractivity contribution in [2.24, 2.45) is 4.99 Å². The topological polar surface area (TPSA) is 80.3 Å². The molecule has 0 saturated heterocycles. The van der Waals surface area contributed by atoms with Crippen molar-refractivity contribution in [1.82, 2.24) is 25.4 Å². The summed E-state index contributed by atoms with van der Waals surface area (Å²) in [7, 11) is 1.74. The largest absolute Gasteiger partial charge is 0.444 e. The van der Waals surface area contributed by atoms with E-state index in [1.165, 1.54) is 0 Å². The molecule has 0 aliphatic carbocycles. The van der Waals surface area contributed by atoms with Gasteiger partial charge in [-0.15, -0.1) is 24.0 Å². The monoisotopic (exact) mass is 514 g/mol. The molecule has 2 aromatic heterocycles. The second-order valence-corrected chi connectivity index (χ2v) is 6.42. The minimum atomic E-state index is 0. The summed E-state index contributed by atoms with van der Waals surface area (Å²) in [5.74, 6) is 1.29. The van der Waals surface area contributed by atoms with Crippen LogP contribution in [0.5, 0.6) is 0 Å². The fraction of sp³-hybridized carbons (Fsp3) is 0.136. The zero-order valence-corrected chi connectivity index (χ0v) is 18.9. The minimum absolute atomic E-state index is 0. The van der Waals surface area contributed by atoms with Crippen molar-refractivity contribution < 1.29 is 4.42 Å². The summed E-state index contributed by atoms with van der Waals surface area (Å²) in [6.45, 7) is 1.12. The molecule has 8 heteroatoms. The van der Waals surface area contributed by atoms with Crippen LogP contribution in [-0.2, 0) is 13.1 Å². The molecule has 0 amide bonds. The highest BCUT2D eigenvalue weighted by Gasteiger charge is 2.07. The number of para-hydroxylation sites is 1. The molecule has 0 aliphatic heterocycles. The first kappa shape index (κ1) is 21.6. The molecule has 0 radical (unpaired) electrons. The summed E-state index contributed by atoms with van der Waals surface area (Å²) in [4.78, 5) is 8.77. The molecule has 0 aliphatic rings. The van der Waals surface area contributed by atoms with Crippen LogP contribution in [0.2, 0.25) is 0 Å². The normalized spacial score (nSPS) is 11.0. The van der Waals surface area contributed by atoms with E-state index in [4.69, 9.17) is 4.42 Å². The van der Waals surface area contributed by atoms with Crippen molar-refractivity contribution in [3.8, 4) is 17.1 Å². The summed E-state index contributed by atoms with van der Waals surface area (Å²) in [5, 5.41) is 10.9. The molecule has 0 bridgehead atoms. The molecule has 2 N–H and O–H groups in total. The molecule has 0 unspecified atom stereocenters. The number of aliphatic imine (C=N–C) groups is 1. The molecule has 2 heterocycles. The van der Waals surface area contributed by atoms with Crippen LogP contribution in [0.1, 0.15) is 11.3 Å². The molecule has 0 fully saturated rings. The van der Waals surface area contributed by atoms with Gasteiger partial charge in [-0.2, -0.15) is 5.10 Å². The van der Waals surface area contributed by atoms with Crippen LogP contribution in [0.3, 0.4) is 0 Å². The Hall–Kier alpha value is -3.14. The molecule has 7 nitrogen and oxygen atoms in total. The Morgan fingerprint density at radius 3 is 2.43 bits per heavy atom. The Balaban J connectivity index is 0.00000256. The van der Waals surface area contributed by atoms with Crippen LogP contribution in [-0.4, -0.2) is 27.8 Å². The Labute approximate surface area is 192 Å². The fourth-order valence-electron chi connectivity index (χ4n) is 2.86. The summed E-state index contributed by atoms with van der Waals surface area (Å²) in [5.41, 5.74) is 3.85. The van der Waals surface area contributed by atoms with Crippen LogP contribution in [0.25, 0.3) is 17.1 Å². The van der Waals surface area contributed by atoms with Crippen LogP contribution < -0.4 is 10.6 Å². The van der Waals surface area contributed by atoms with Crippen molar-refractivity contribution >= 4 is 29.9 Å². The maximum atomic E-state index is 5.57. The summed E-state index contributed by atoms with van der Waals surface area (Å²) in [6, 6.07) is 19.8. The SMILES string of the molecule is CN=C(NCc1cnn(-c2ccccc2)c1)NCc1coc(-c2ccccc2)n1.I. The average molecular weight is 514 g/mol. The van der Waals surface area contributed by atoms with E-state index < -0.39 is 0 Å². The second-order valence-electron chi connectivity index (χ2n) is 6.42. The highest BCUT2D eigenvalue weighted by molar-refractivity contribution is 14.0. The van der Waals surface area contributed by atoms with Gasteiger partial charge < -0.3 is 15.1 Å². The first-order valence-electron chi connectivity index (χ1n) is 9.35. The minimum Gasteiger partial charge on any atom is -0.444 e. The molecule has 2 aromatic carbocycles. The summed E-state index contributed by atoms with van der Waals surface area (Å²) in [6.07, 6.45) is 5.50. The quantitative estimate of drug-likeness (QED) is 0.231. The van der Waals surface area contributed by atoms with Gasteiger partial charge in [-0.3, -0.25) is 4.99 Å². The van der Waals surface area contributed by atoms with Gasteiger partial charge in [-0.1, -0.05) is 36.4 Å². The maximum Gasteiger partial charge on any atom is 0.226 e. The van der Waals surface area contributed by atoms with E-state index in [1.54, 1.807) is 13.3 Å². The van der Waals surface area contributed by atoms with Gasteiger partial charge in [0, 0.05) is 30.9 Å². The predicted molar refractivity (Wildman–Crippen MR) is 128 cm³/mol. The summed E-state index contributed by atoms with van der Waals surface area (Å²) >= 11 is 0. The molecular formula is C22H23IN6O. The summed E-state index contributed by atoms with van der Waals surface area (Å²) < 4.78 is 7.42. The van der Waals surface area contributed by atoms with E-state index in [1.807, 2.05) is 77.7 Å². The van der Waals surface area contributed by atoms with Gasteiger partial charge in [-0.25, -0.2) is 9.67 Å². The number of oxazole rings is 1. The highest BCUT2D eigenvalue weighted by Crippen LogP contribution is 2.17. The zero-order valence-electron chi connectivity index (χ0n) is 16.5. The molecule has 30 heavy (non-hydrogen) atoms. The second kappa shape index (κ2) is 10.6. The third-order valence-electron chi connectivity index (χ3n) is 4.35. The van der Waals surface area contributed by atoms with Crippen molar-refractivity contribution in [1.29, 1.82) is 0 Å². The Bertz CT molecular complexity index is 991. The average Bonchev–Trinajstić information content (AvgIpc) is 3.45. The molecule has 4 aromatic rings. The van der Waals surface area contributed by atoms with Gasteiger partial charge in [0.2, 0.25) is 5.89 Å². The van der Waals surface area contributed by atoms with E-state index in [0.29, 0.717) is 24.9 Å². The smallest absolute Gasteiger partial charge is 0.226 e. The van der Waals surface area contributed by atoms with E-state index >= 15 is 0 Å². The van der Waals surface area contributed by atoms with Crippen molar-refractivity contribution in [3.05, 3.63) is 90.6 Å².